The molecule has 4 heterocycles. The second-order valence-electron chi connectivity index (χ2n) is 14.9. The van der Waals surface area contributed by atoms with Crippen molar-refractivity contribution in [3.63, 3.8) is 0 Å². The normalized spacial score (nSPS) is 14.6. The zero-order chi connectivity index (χ0) is 32.3. The maximum atomic E-state index is 6.71. The van der Waals surface area contributed by atoms with E-state index in [0.29, 0.717) is 0 Å². The molecule has 0 atom stereocenters. The van der Waals surface area contributed by atoms with Gasteiger partial charge in [-0.3, -0.25) is 0 Å². The van der Waals surface area contributed by atoms with Gasteiger partial charge in [0.1, 0.15) is 5.75 Å². The van der Waals surface area contributed by atoms with Gasteiger partial charge in [0.25, 0.3) is 0 Å². The standard InChI is InChI=1S/C44H29BN2O2/c1-44(2,3)26-22-24-18-20-27-38-29(21-19-25(23-26)37(24)38)42-40-39(27)28-10-8-16-35-41(28)47(32-13-5-7-15-34(32)49-35)45(40)30-11-9-17-36-43(30)46(42)31-12-4-6-14-33(31)48-36/h4-23H,1-3H3. The molecule has 8 aromatic rings. The highest BCUT2D eigenvalue weighted by Crippen LogP contribution is 2.60. The first-order valence-corrected chi connectivity index (χ1v) is 17.1. The highest BCUT2D eigenvalue weighted by Gasteiger charge is 2.50. The van der Waals surface area contributed by atoms with Crippen LogP contribution in [0.2, 0.25) is 0 Å². The van der Waals surface area contributed by atoms with E-state index in [1.807, 2.05) is 0 Å². The van der Waals surface area contributed by atoms with Crippen molar-refractivity contribution in [1.29, 1.82) is 0 Å². The number of para-hydroxylation sites is 6. The molecule has 0 fully saturated rings. The molecule has 0 amide bonds. The Morgan fingerprint density at radius 3 is 1.94 bits per heavy atom. The molecule has 4 aliphatic heterocycles. The minimum Gasteiger partial charge on any atom is -0.453 e. The topological polar surface area (TPSA) is 24.9 Å². The second-order valence-corrected chi connectivity index (χ2v) is 14.9. The third kappa shape index (κ3) is 3.08. The third-order valence-corrected chi connectivity index (χ3v) is 11.2. The van der Waals surface area contributed by atoms with Crippen molar-refractivity contribution in [1.82, 2.24) is 0 Å². The van der Waals surface area contributed by atoms with Crippen molar-refractivity contribution in [3.8, 4) is 34.1 Å². The van der Waals surface area contributed by atoms with Gasteiger partial charge in [-0.1, -0.05) is 106 Å². The lowest BCUT2D eigenvalue weighted by Crippen LogP contribution is -2.62. The lowest BCUT2D eigenvalue weighted by molar-refractivity contribution is 0.477. The van der Waals surface area contributed by atoms with Crippen LogP contribution in [-0.4, -0.2) is 6.85 Å². The monoisotopic (exact) mass is 628 g/mol. The molecule has 0 N–H and O–H groups in total. The largest absolute Gasteiger partial charge is 0.453 e. The molecule has 0 bridgehead atoms. The van der Waals surface area contributed by atoms with Crippen LogP contribution in [0.25, 0.3) is 43.4 Å². The second kappa shape index (κ2) is 8.55. The molecule has 0 aromatic heterocycles. The van der Waals surface area contributed by atoms with Crippen LogP contribution in [0.3, 0.4) is 0 Å². The highest BCUT2D eigenvalue weighted by atomic mass is 16.5. The number of nitrogens with zero attached hydrogens (tertiary/aromatic N) is 2. The van der Waals surface area contributed by atoms with Gasteiger partial charge in [-0.15, -0.1) is 0 Å². The van der Waals surface area contributed by atoms with E-state index in [0.717, 1.165) is 45.7 Å². The number of ether oxygens (including phenoxy) is 2. The van der Waals surface area contributed by atoms with E-state index < -0.39 is 0 Å². The lowest BCUT2D eigenvalue weighted by Gasteiger charge is -2.49. The van der Waals surface area contributed by atoms with Crippen LogP contribution in [-0.2, 0) is 5.41 Å². The first-order chi connectivity index (χ1) is 24.0. The van der Waals surface area contributed by atoms with Gasteiger partial charge in [0.05, 0.1) is 28.4 Å². The third-order valence-electron chi connectivity index (χ3n) is 11.2. The van der Waals surface area contributed by atoms with Gasteiger partial charge in [-0.05, 0) is 85.4 Å². The van der Waals surface area contributed by atoms with Crippen LogP contribution in [0, 0.1) is 0 Å². The Kier molecular flexibility index (Phi) is 4.55. The molecule has 0 unspecified atom stereocenters. The summed E-state index contributed by atoms with van der Waals surface area (Å²) in [4.78, 5) is 5.04. The molecule has 12 rings (SSSR count). The molecule has 0 saturated heterocycles. The minimum absolute atomic E-state index is 0.0449. The predicted octanol–water partition coefficient (Wildman–Crippen LogP) is 10.8. The number of benzene rings is 8. The molecule has 230 valence electrons. The van der Waals surface area contributed by atoms with Gasteiger partial charge in [0.2, 0.25) is 0 Å². The molecule has 4 nitrogen and oxygen atoms in total. The Morgan fingerprint density at radius 1 is 0.551 bits per heavy atom. The Labute approximate surface area is 284 Å². The Hall–Kier alpha value is -5.94. The average Bonchev–Trinajstić information content (AvgIpc) is 3.12. The summed E-state index contributed by atoms with van der Waals surface area (Å²) < 4.78 is 13.4. The fourth-order valence-electron chi connectivity index (χ4n) is 9.22. The molecule has 5 heteroatoms. The van der Waals surface area contributed by atoms with Crippen LogP contribution >= 0.6 is 0 Å². The van der Waals surface area contributed by atoms with Gasteiger partial charge >= 0.3 is 6.85 Å². The first-order valence-electron chi connectivity index (χ1n) is 17.1. The molecule has 0 saturated carbocycles. The highest BCUT2D eigenvalue weighted by molar-refractivity contribution is 6.94. The zero-order valence-electron chi connectivity index (χ0n) is 27.3. The van der Waals surface area contributed by atoms with Crippen LogP contribution in [0.15, 0.2) is 121 Å². The van der Waals surface area contributed by atoms with Crippen molar-refractivity contribution in [2.24, 2.45) is 0 Å². The molecule has 0 radical (unpaired) electrons. The van der Waals surface area contributed by atoms with E-state index in [2.05, 4.69) is 152 Å². The fourth-order valence-corrected chi connectivity index (χ4v) is 9.22. The van der Waals surface area contributed by atoms with Crippen molar-refractivity contribution in [2.45, 2.75) is 26.2 Å². The van der Waals surface area contributed by atoms with Gasteiger partial charge < -0.3 is 19.2 Å². The number of hydrogen-bond acceptors (Lipinski definition) is 4. The van der Waals surface area contributed by atoms with Gasteiger partial charge in [0.15, 0.2) is 17.2 Å². The summed E-state index contributed by atoms with van der Waals surface area (Å²) >= 11 is 0. The summed E-state index contributed by atoms with van der Waals surface area (Å²) in [6.07, 6.45) is 0. The van der Waals surface area contributed by atoms with Crippen LogP contribution in [0.1, 0.15) is 26.3 Å². The molecule has 0 spiro atoms. The summed E-state index contributed by atoms with van der Waals surface area (Å²) in [5.74, 6) is 3.51. The maximum Gasteiger partial charge on any atom is 0.333 e. The van der Waals surface area contributed by atoms with E-state index in [1.165, 1.54) is 65.6 Å². The Balaban J connectivity index is 1.32. The van der Waals surface area contributed by atoms with Crippen molar-refractivity contribution >= 4 is 78.5 Å². The molecular weight excluding hydrogens is 599 g/mol. The first kappa shape index (κ1) is 26.1. The molecule has 8 aromatic carbocycles. The van der Waals surface area contributed by atoms with E-state index in [-0.39, 0.29) is 12.3 Å². The lowest BCUT2D eigenvalue weighted by atomic mass is 9.42. The molecule has 49 heavy (non-hydrogen) atoms. The Bertz CT molecular complexity index is 2780. The maximum absolute atomic E-state index is 6.71. The summed E-state index contributed by atoms with van der Waals surface area (Å²) in [6.45, 7) is 6.81. The average molecular weight is 629 g/mol. The van der Waals surface area contributed by atoms with E-state index in [4.69, 9.17) is 9.47 Å². The zero-order valence-corrected chi connectivity index (χ0v) is 27.3. The quantitative estimate of drug-likeness (QED) is 0.123. The molecule has 4 aliphatic rings. The number of anilines is 5. The minimum atomic E-state index is -0.0989. The number of hydrogen-bond donors (Lipinski definition) is 0. The SMILES string of the molecule is CC(C)(C)c1cc2ccc3c4c5c(c6ccc(c1)c2c36)N1c2ccccc2Oc2cccc(c21)B5N1c2ccccc2Oc2cccc-4c21. The molecule has 0 aliphatic carbocycles. The predicted molar refractivity (Wildman–Crippen MR) is 203 cm³/mol. The van der Waals surface area contributed by atoms with E-state index in [1.54, 1.807) is 0 Å². The summed E-state index contributed by atoms with van der Waals surface area (Å²) in [7, 11) is 0. The van der Waals surface area contributed by atoms with E-state index in [9.17, 15) is 0 Å². The molecular formula is C44H29BN2O2. The van der Waals surface area contributed by atoms with Crippen LogP contribution in [0.5, 0.6) is 23.0 Å². The summed E-state index contributed by atoms with van der Waals surface area (Å²) in [5.41, 5.74) is 12.0. The fraction of sp³-hybridized carbons (Fsp3) is 0.0909. The van der Waals surface area contributed by atoms with Gasteiger partial charge in [-0.2, -0.15) is 0 Å². The van der Waals surface area contributed by atoms with Gasteiger partial charge in [-0.25, -0.2) is 0 Å². The van der Waals surface area contributed by atoms with Crippen LogP contribution in [0.4, 0.5) is 28.4 Å². The van der Waals surface area contributed by atoms with Crippen molar-refractivity contribution in [2.75, 3.05) is 9.71 Å². The van der Waals surface area contributed by atoms with Gasteiger partial charge in [0, 0.05) is 16.3 Å². The smallest absolute Gasteiger partial charge is 0.333 e. The van der Waals surface area contributed by atoms with Crippen molar-refractivity contribution < 1.29 is 9.47 Å². The summed E-state index contributed by atoms with van der Waals surface area (Å²) in [6, 6.07) is 44.4. The van der Waals surface area contributed by atoms with Crippen LogP contribution < -0.4 is 30.1 Å². The summed E-state index contributed by atoms with van der Waals surface area (Å²) in [5, 5.41) is 7.76. The Morgan fingerprint density at radius 2 is 1.18 bits per heavy atom. The van der Waals surface area contributed by atoms with E-state index >= 15 is 0 Å². The van der Waals surface area contributed by atoms with Crippen molar-refractivity contribution in [3.05, 3.63) is 127 Å². The number of fused-ring (bicyclic) bond motifs is 10. The number of rotatable bonds is 0.